The van der Waals surface area contributed by atoms with Crippen LogP contribution in [0.1, 0.15) is 77.4 Å². The van der Waals surface area contributed by atoms with Crippen LogP contribution in [0.5, 0.6) is 0 Å². The van der Waals surface area contributed by atoms with Crippen LogP contribution in [0.25, 0.3) is 0 Å². The lowest BCUT2D eigenvalue weighted by atomic mass is 9.83. The van der Waals surface area contributed by atoms with E-state index < -0.39 is 17.6 Å². The van der Waals surface area contributed by atoms with Gasteiger partial charge in [0, 0.05) is 36.2 Å². The summed E-state index contributed by atoms with van der Waals surface area (Å²) in [6.45, 7) is 1.13. The van der Waals surface area contributed by atoms with E-state index in [0.29, 0.717) is 6.04 Å². The fraction of sp³-hybridized carbons (Fsp3) is 0.556. The van der Waals surface area contributed by atoms with Crippen molar-refractivity contribution >= 4 is 11.8 Å². The van der Waals surface area contributed by atoms with Gasteiger partial charge in [-0.1, -0.05) is 6.07 Å². The van der Waals surface area contributed by atoms with E-state index in [1.165, 1.54) is 6.07 Å². The predicted octanol–water partition coefficient (Wildman–Crippen LogP) is 2.92. The Kier molecular flexibility index (Phi) is 7.56. The third-order valence-corrected chi connectivity index (χ3v) is 7.95. The van der Waals surface area contributed by atoms with E-state index in [1.54, 1.807) is 0 Å². The number of hydrogen-bond acceptors (Lipinski definition) is 5. The molecule has 0 radical (unpaired) electrons. The Hall–Kier alpha value is -3.21. The Balaban J connectivity index is 1.03. The van der Waals surface area contributed by atoms with Crippen molar-refractivity contribution in [3.05, 3.63) is 62.8 Å². The predicted molar refractivity (Wildman–Crippen MR) is 134 cm³/mol. The zero-order valence-electron chi connectivity index (χ0n) is 21.1. The molecule has 2 aliphatic carbocycles. The maximum atomic E-state index is 12.9. The van der Waals surface area contributed by atoms with Crippen molar-refractivity contribution in [2.45, 2.75) is 75.5 Å². The number of benzene rings is 1. The highest BCUT2D eigenvalue weighted by Gasteiger charge is 2.36. The molecule has 2 heterocycles. The lowest BCUT2D eigenvalue weighted by Crippen LogP contribution is -2.63. The standard InChI is InChI=1S/C27H32F3N5O3/c28-27(29,30)18-5-3-4-17(12-18)25(37)31-13-23(36)32-19-14-35(15-19)20-10-8-16(9-11-20)24-33-22-7-2-1-6-21(22)26(38)34-24/h3-5,12,16,19-20H,1-2,6-11,13-15H2,(H,31,37)(H,32,36)(H,33,34,38). The van der Waals surface area contributed by atoms with Crippen LogP contribution in [-0.2, 0) is 23.8 Å². The molecule has 2 fully saturated rings. The summed E-state index contributed by atoms with van der Waals surface area (Å²) in [7, 11) is 0. The molecule has 0 atom stereocenters. The number of aromatic nitrogens is 2. The number of hydrogen-bond donors (Lipinski definition) is 3. The summed E-state index contributed by atoms with van der Waals surface area (Å²) in [4.78, 5) is 47.1. The van der Waals surface area contributed by atoms with Crippen molar-refractivity contribution in [1.82, 2.24) is 25.5 Å². The number of alkyl halides is 3. The minimum absolute atomic E-state index is 0.0237. The maximum Gasteiger partial charge on any atom is 0.416 e. The highest BCUT2D eigenvalue weighted by Crippen LogP contribution is 2.35. The molecule has 2 aromatic rings. The number of carbonyl (C=O) groups excluding carboxylic acids is 2. The summed E-state index contributed by atoms with van der Waals surface area (Å²) < 4.78 is 38.6. The fourth-order valence-corrected chi connectivity index (χ4v) is 5.81. The SMILES string of the molecule is O=C(CNC(=O)c1cccc(C(F)(F)F)c1)NC1CN(C2CCC(c3nc4c(c(=O)[nH]3)CCCC4)CC2)C1. The van der Waals surface area contributed by atoms with Gasteiger partial charge in [-0.3, -0.25) is 19.3 Å². The van der Waals surface area contributed by atoms with Gasteiger partial charge >= 0.3 is 6.18 Å². The molecular weight excluding hydrogens is 499 g/mol. The second kappa shape index (κ2) is 10.9. The number of nitrogens with one attached hydrogen (secondary N) is 3. The first-order chi connectivity index (χ1) is 18.2. The van der Waals surface area contributed by atoms with E-state index in [0.717, 1.165) is 99.7 Å². The summed E-state index contributed by atoms with van der Waals surface area (Å²) in [6, 6.07) is 4.50. The van der Waals surface area contributed by atoms with Gasteiger partial charge < -0.3 is 15.6 Å². The number of carbonyl (C=O) groups is 2. The van der Waals surface area contributed by atoms with Gasteiger partial charge in [0.15, 0.2) is 0 Å². The van der Waals surface area contributed by atoms with Crippen molar-refractivity contribution in [1.29, 1.82) is 0 Å². The second-order valence-electron chi connectivity index (χ2n) is 10.6. The smallest absolute Gasteiger partial charge is 0.349 e. The fourth-order valence-electron chi connectivity index (χ4n) is 5.81. The Morgan fingerprint density at radius 2 is 1.82 bits per heavy atom. The van der Waals surface area contributed by atoms with Crippen LogP contribution in [0, 0.1) is 0 Å². The maximum absolute atomic E-state index is 12.9. The summed E-state index contributed by atoms with van der Waals surface area (Å²) in [5.74, 6) is -0.00690. The van der Waals surface area contributed by atoms with Crippen LogP contribution in [-0.4, -0.2) is 58.4 Å². The number of fused-ring (bicyclic) bond motifs is 1. The molecule has 0 unspecified atom stereocenters. The number of H-pyrrole nitrogens is 1. The van der Waals surface area contributed by atoms with Gasteiger partial charge in [0.25, 0.3) is 11.5 Å². The first-order valence-corrected chi connectivity index (χ1v) is 13.3. The quantitative estimate of drug-likeness (QED) is 0.532. The highest BCUT2D eigenvalue weighted by atomic mass is 19.4. The zero-order chi connectivity index (χ0) is 26.9. The van der Waals surface area contributed by atoms with Gasteiger partial charge in [-0.25, -0.2) is 4.98 Å². The number of halogens is 3. The van der Waals surface area contributed by atoms with Gasteiger partial charge in [0.2, 0.25) is 5.91 Å². The molecule has 5 rings (SSSR count). The molecule has 1 saturated heterocycles. The lowest BCUT2D eigenvalue weighted by Gasteiger charge is -2.46. The average molecular weight is 532 g/mol. The first kappa shape index (κ1) is 26.4. The molecule has 204 valence electrons. The molecular formula is C27H32F3N5O3. The van der Waals surface area contributed by atoms with E-state index in [2.05, 4.69) is 20.5 Å². The van der Waals surface area contributed by atoms with Crippen molar-refractivity contribution < 1.29 is 22.8 Å². The monoisotopic (exact) mass is 531 g/mol. The molecule has 2 amide bonds. The molecule has 3 aliphatic rings. The first-order valence-electron chi connectivity index (χ1n) is 13.3. The molecule has 3 N–H and O–H groups in total. The molecule has 1 aliphatic heterocycles. The Morgan fingerprint density at radius 1 is 1.08 bits per heavy atom. The van der Waals surface area contributed by atoms with Gasteiger partial charge in [-0.05, 0) is 69.6 Å². The normalized spacial score (nSPS) is 22.3. The topological polar surface area (TPSA) is 107 Å². The van der Waals surface area contributed by atoms with Crippen molar-refractivity contribution in [2.75, 3.05) is 19.6 Å². The largest absolute Gasteiger partial charge is 0.416 e. The van der Waals surface area contributed by atoms with Gasteiger partial charge in [0.05, 0.1) is 23.8 Å². The third-order valence-electron chi connectivity index (χ3n) is 7.95. The molecule has 0 spiro atoms. The molecule has 1 saturated carbocycles. The molecule has 11 heteroatoms. The number of aromatic amines is 1. The number of rotatable bonds is 6. The average Bonchev–Trinajstić information content (AvgIpc) is 2.89. The Bertz CT molecular complexity index is 1250. The minimum atomic E-state index is -4.54. The molecule has 1 aromatic carbocycles. The Morgan fingerprint density at radius 3 is 2.55 bits per heavy atom. The van der Waals surface area contributed by atoms with Crippen molar-refractivity contribution in [2.24, 2.45) is 0 Å². The van der Waals surface area contributed by atoms with E-state index in [1.807, 2.05) is 0 Å². The zero-order valence-corrected chi connectivity index (χ0v) is 21.1. The Labute approximate surface area is 218 Å². The van der Waals surface area contributed by atoms with Gasteiger partial charge in [-0.2, -0.15) is 13.2 Å². The van der Waals surface area contributed by atoms with Crippen LogP contribution in [0.2, 0.25) is 0 Å². The van der Waals surface area contributed by atoms with E-state index in [-0.39, 0.29) is 35.5 Å². The van der Waals surface area contributed by atoms with E-state index in [9.17, 15) is 27.6 Å². The summed E-state index contributed by atoms with van der Waals surface area (Å²) in [5.41, 5.74) is 0.805. The van der Waals surface area contributed by atoms with Crippen LogP contribution in [0.3, 0.4) is 0 Å². The van der Waals surface area contributed by atoms with Crippen LogP contribution < -0.4 is 16.2 Å². The van der Waals surface area contributed by atoms with Gasteiger partial charge in [-0.15, -0.1) is 0 Å². The summed E-state index contributed by atoms with van der Waals surface area (Å²) >= 11 is 0. The number of aryl methyl sites for hydroxylation is 1. The van der Waals surface area contributed by atoms with Crippen LogP contribution in [0.4, 0.5) is 13.2 Å². The lowest BCUT2D eigenvalue weighted by molar-refractivity contribution is -0.137. The second-order valence-corrected chi connectivity index (χ2v) is 10.6. The minimum Gasteiger partial charge on any atom is -0.349 e. The molecule has 38 heavy (non-hydrogen) atoms. The van der Waals surface area contributed by atoms with Crippen molar-refractivity contribution in [3.63, 3.8) is 0 Å². The summed E-state index contributed by atoms with van der Waals surface area (Å²) in [5, 5.41) is 5.26. The molecule has 1 aromatic heterocycles. The summed E-state index contributed by atoms with van der Waals surface area (Å²) in [6.07, 6.45) is 3.22. The molecule has 8 nitrogen and oxygen atoms in total. The van der Waals surface area contributed by atoms with E-state index >= 15 is 0 Å². The van der Waals surface area contributed by atoms with Gasteiger partial charge in [0.1, 0.15) is 5.82 Å². The molecule has 0 bridgehead atoms. The highest BCUT2D eigenvalue weighted by molar-refractivity contribution is 5.96. The van der Waals surface area contributed by atoms with Crippen LogP contribution >= 0.6 is 0 Å². The third kappa shape index (κ3) is 5.92. The number of likely N-dealkylation sites (tertiary alicyclic amines) is 1. The van der Waals surface area contributed by atoms with E-state index in [4.69, 9.17) is 4.98 Å². The van der Waals surface area contributed by atoms with Crippen LogP contribution in [0.15, 0.2) is 29.1 Å². The van der Waals surface area contributed by atoms with Crippen molar-refractivity contribution in [3.8, 4) is 0 Å². The number of amides is 2. The number of nitrogens with zero attached hydrogens (tertiary/aromatic N) is 2.